The number of benzene rings is 3. The molecule has 11 nitrogen and oxygen atoms in total. The predicted molar refractivity (Wildman–Crippen MR) is 140 cm³/mol. The van der Waals surface area contributed by atoms with Crippen LogP contribution in [0.4, 0.5) is 5.69 Å². The molecule has 0 heterocycles. The average Bonchev–Trinajstić information content (AvgIpc) is 2.83. The van der Waals surface area contributed by atoms with Crippen molar-refractivity contribution in [1.29, 1.82) is 0 Å². The maximum Gasteiger partial charge on any atom is 0.286 e. The first kappa shape index (κ1) is 27.0. The van der Waals surface area contributed by atoms with Crippen LogP contribution in [-0.4, -0.2) is 42.0 Å². The fraction of sp³-hybridized carbons (Fsp3) is 0.120. The van der Waals surface area contributed by atoms with Gasteiger partial charge in [-0.15, -0.1) is 0 Å². The number of hydrogen-bond acceptors (Lipinski definition) is 8. The van der Waals surface area contributed by atoms with E-state index in [9.17, 15) is 28.5 Å². The summed E-state index contributed by atoms with van der Waals surface area (Å²) in [7, 11) is -4.25. The third kappa shape index (κ3) is 6.18. The van der Waals surface area contributed by atoms with Crippen LogP contribution in [0.15, 0.2) is 77.2 Å². The standard InChI is InChI=1S/C25H27N5O6S/c1-15-3-7-18(8-4-15)30(25(29-27)24(26)34)16(2)20-13-23(22(33)14-21(20)32)37(35,36)28-12-11-17-5-9-19(31)10-6-17/h3-10,13-14,28,31-33H,2,11-12,27H2,1H3,(H2,26,34)/b29-25-. The predicted octanol–water partition coefficient (Wildman–Crippen LogP) is 1.87. The van der Waals surface area contributed by atoms with Crippen LogP contribution in [0.1, 0.15) is 16.7 Å². The largest absolute Gasteiger partial charge is 0.508 e. The Balaban J connectivity index is 1.97. The third-order valence-electron chi connectivity index (χ3n) is 5.44. The molecule has 12 heteroatoms. The van der Waals surface area contributed by atoms with Crippen LogP contribution in [-0.2, 0) is 21.2 Å². The lowest BCUT2D eigenvalue weighted by Crippen LogP contribution is -2.40. The van der Waals surface area contributed by atoms with E-state index in [0.29, 0.717) is 12.1 Å². The van der Waals surface area contributed by atoms with Gasteiger partial charge in [-0.1, -0.05) is 36.4 Å². The lowest BCUT2D eigenvalue weighted by atomic mass is 10.1. The fourth-order valence-electron chi connectivity index (χ4n) is 3.53. The van der Waals surface area contributed by atoms with E-state index in [2.05, 4.69) is 16.4 Å². The van der Waals surface area contributed by atoms with Crippen LogP contribution in [0.5, 0.6) is 17.2 Å². The molecule has 0 fully saturated rings. The van der Waals surface area contributed by atoms with Gasteiger partial charge in [0.25, 0.3) is 5.91 Å². The van der Waals surface area contributed by atoms with E-state index in [-0.39, 0.29) is 23.6 Å². The van der Waals surface area contributed by atoms with Gasteiger partial charge in [0.1, 0.15) is 22.1 Å². The Labute approximate surface area is 214 Å². The van der Waals surface area contributed by atoms with E-state index in [1.54, 1.807) is 36.4 Å². The second-order valence-corrected chi connectivity index (χ2v) is 9.82. The summed E-state index contributed by atoms with van der Waals surface area (Å²) in [5.74, 6) is 2.88. The number of carbonyl (C=O) groups excluding carboxylic acids is 1. The highest BCUT2D eigenvalue weighted by Gasteiger charge is 2.27. The van der Waals surface area contributed by atoms with E-state index in [1.165, 1.54) is 17.0 Å². The van der Waals surface area contributed by atoms with Crippen LogP contribution in [0, 0.1) is 6.92 Å². The maximum absolute atomic E-state index is 13.0. The number of phenols is 3. The number of amidine groups is 1. The van der Waals surface area contributed by atoms with E-state index in [4.69, 9.17) is 11.6 Å². The number of amides is 1. The van der Waals surface area contributed by atoms with Crippen molar-refractivity contribution >= 4 is 33.2 Å². The number of rotatable bonds is 8. The second kappa shape index (κ2) is 11.0. The molecule has 3 aromatic carbocycles. The SMILES string of the molecule is C=C(c1cc(S(=O)(=O)NCCc2ccc(O)cc2)c(O)cc1O)N(/C(=N\N)C(N)=O)c1ccc(C)cc1. The van der Waals surface area contributed by atoms with Crippen molar-refractivity contribution < 1.29 is 28.5 Å². The highest BCUT2D eigenvalue weighted by molar-refractivity contribution is 7.89. The maximum atomic E-state index is 13.0. The van der Waals surface area contributed by atoms with E-state index in [1.807, 2.05) is 6.92 Å². The molecule has 0 radical (unpaired) electrons. The minimum atomic E-state index is -4.25. The molecule has 0 aromatic heterocycles. The van der Waals surface area contributed by atoms with Gasteiger partial charge in [-0.3, -0.25) is 9.69 Å². The lowest BCUT2D eigenvalue weighted by molar-refractivity contribution is -0.112. The number of aromatic hydroxyl groups is 3. The molecule has 3 rings (SSSR count). The van der Waals surface area contributed by atoms with Gasteiger partial charge in [-0.25, -0.2) is 13.1 Å². The van der Waals surface area contributed by atoms with Crippen molar-refractivity contribution in [1.82, 2.24) is 4.72 Å². The summed E-state index contributed by atoms with van der Waals surface area (Å²) in [4.78, 5) is 12.7. The number of hydrogen-bond donors (Lipinski definition) is 6. The van der Waals surface area contributed by atoms with Crippen molar-refractivity contribution in [3.05, 3.63) is 83.9 Å². The lowest BCUT2D eigenvalue weighted by Gasteiger charge is -2.27. The summed E-state index contributed by atoms with van der Waals surface area (Å²) in [5, 5.41) is 33.7. The monoisotopic (exact) mass is 525 g/mol. The van der Waals surface area contributed by atoms with E-state index < -0.39 is 38.2 Å². The van der Waals surface area contributed by atoms with Crippen molar-refractivity contribution in [2.24, 2.45) is 16.7 Å². The number of nitrogens with one attached hydrogen (secondary N) is 1. The molecule has 0 bridgehead atoms. The molecule has 0 saturated carbocycles. The first-order valence-corrected chi connectivity index (χ1v) is 12.4. The molecule has 3 aromatic rings. The van der Waals surface area contributed by atoms with Crippen LogP contribution >= 0.6 is 0 Å². The Hall–Kier alpha value is -4.55. The summed E-state index contributed by atoms with van der Waals surface area (Å²) in [6, 6.07) is 14.9. The smallest absolute Gasteiger partial charge is 0.286 e. The van der Waals surface area contributed by atoms with Gasteiger partial charge in [-0.2, -0.15) is 5.10 Å². The number of hydrazone groups is 1. The number of phenolic OH excluding ortho intramolecular Hbond substituents is 3. The number of nitrogens with zero attached hydrogens (tertiary/aromatic N) is 2. The second-order valence-electron chi connectivity index (χ2n) is 8.09. The Bertz CT molecular complexity index is 1450. The molecule has 0 saturated heterocycles. The van der Waals surface area contributed by atoms with Crippen molar-refractivity contribution in [2.45, 2.75) is 18.2 Å². The summed E-state index contributed by atoms with van der Waals surface area (Å²) < 4.78 is 28.4. The van der Waals surface area contributed by atoms with Gasteiger partial charge in [0.05, 0.1) is 5.70 Å². The highest BCUT2D eigenvalue weighted by atomic mass is 32.2. The Morgan fingerprint density at radius 1 is 1.03 bits per heavy atom. The molecule has 0 atom stereocenters. The van der Waals surface area contributed by atoms with Crippen LogP contribution < -0.4 is 21.2 Å². The van der Waals surface area contributed by atoms with Crippen molar-refractivity contribution in [3.8, 4) is 17.2 Å². The number of aryl methyl sites for hydroxylation is 1. The minimum Gasteiger partial charge on any atom is -0.508 e. The van der Waals surface area contributed by atoms with Gasteiger partial charge < -0.3 is 26.9 Å². The van der Waals surface area contributed by atoms with Crippen LogP contribution in [0.3, 0.4) is 0 Å². The topological polar surface area (TPSA) is 192 Å². The molecule has 37 heavy (non-hydrogen) atoms. The summed E-state index contributed by atoms with van der Waals surface area (Å²) in [6.07, 6.45) is 0.314. The van der Waals surface area contributed by atoms with Gasteiger partial charge in [0, 0.05) is 23.9 Å². The molecule has 0 aliphatic carbocycles. The third-order valence-corrected chi connectivity index (χ3v) is 6.93. The summed E-state index contributed by atoms with van der Waals surface area (Å²) >= 11 is 0. The summed E-state index contributed by atoms with van der Waals surface area (Å²) in [5.41, 5.74) is 7.30. The van der Waals surface area contributed by atoms with E-state index in [0.717, 1.165) is 23.3 Å². The fourth-order valence-corrected chi connectivity index (χ4v) is 4.66. The zero-order valence-electron chi connectivity index (χ0n) is 19.9. The number of nitrogens with two attached hydrogens (primary N) is 2. The Morgan fingerprint density at radius 2 is 1.65 bits per heavy atom. The molecule has 194 valence electrons. The number of primary amides is 1. The van der Waals surface area contributed by atoms with Gasteiger partial charge in [0.2, 0.25) is 15.9 Å². The minimum absolute atomic E-state index is 0.00908. The Morgan fingerprint density at radius 3 is 2.22 bits per heavy atom. The molecular formula is C25H27N5O6S. The van der Waals surface area contributed by atoms with Crippen LogP contribution in [0.2, 0.25) is 0 Å². The summed E-state index contributed by atoms with van der Waals surface area (Å²) in [6.45, 7) is 5.75. The van der Waals surface area contributed by atoms with E-state index >= 15 is 0 Å². The zero-order valence-corrected chi connectivity index (χ0v) is 20.7. The van der Waals surface area contributed by atoms with Gasteiger partial charge >= 0.3 is 0 Å². The molecule has 8 N–H and O–H groups in total. The van der Waals surface area contributed by atoms with Crippen molar-refractivity contribution in [2.75, 3.05) is 11.4 Å². The molecule has 0 unspecified atom stereocenters. The molecular weight excluding hydrogens is 498 g/mol. The van der Waals surface area contributed by atoms with Gasteiger partial charge in [-0.05, 0) is 49.2 Å². The number of carbonyl (C=O) groups is 1. The molecule has 0 spiro atoms. The zero-order chi connectivity index (χ0) is 27.3. The first-order valence-electron chi connectivity index (χ1n) is 10.9. The number of anilines is 1. The number of sulfonamides is 1. The highest BCUT2D eigenvalue weighted by Crippen LogP contribution is 2.37. The molecule has 1 amide bonds. The van der Waals surface area contributed by atoms with Gasteiger partial charge in [0.15, 0.2) is 0 Å². The normalized spacial score (nSPS) is 11.8. The molecule has 0 aliphatic heterocycles. The van der Waals surface area contributed by atoms with Crippen LogP contribution in [0.25, 0.3) is 5.70 Å². The average molecular weight is 526 g/mol. The first-order chi connectivity index (χ1) is 17.4. The Kier molecular flexibility index (Phi) is 8.05. The molecule has 0 aliphatic rings. The van der Waals surface area contributed by atoms with Crippen molar-refractivity contribution in [3.63, 3.8) is 0 Å². The quantitative estimate of drug-likeness (QED) is 0.111.